The summed E-state index contributed by atoms with van der Waals surface area (Å²) in [5.41, 5.74) is 0.811. The first-order chi connectivity index (χ1) is 5.84. The number of nitrogens with one attached hydrogen (secondary N) is 1. The minimum absolute atomic E-state index is 0.0338. The molecule has 1 aliphatic rings. The smallest absolute Gasteiger partial charge is 0.254 e. The van der Waals surface area contributed by atoms with Gasteiger partial charge in [-0.3, -0.25) is 4.79 Å². The van der Waals surface area contributed by atoms with E-state index in [1.165, 1.54) is 19.3 Å². The molecular formula is C10H15NO. The lowest BCUT2D eigenvalue weighted by molar-refractivity contribution is -0.115. The van der Waals surface area contributed by atoms with Crippen molar-refractivity contribution < 1.29 is 4.79 Å². The molecule has 2 nitrogen and oxygen atoms in total. The van der Waals surface area contributed by atoms with E-state index in [1.807, 2.05) is 12.2 Å². The van der Waals surface area contributed by atoms with E-state index in [0.29, 0.717) is 0 Å². The molecule has 0 spiro atoms. The molecule has 2 heteroatoms. The number of amides is 1. The Bertz CT molecular complexity index is 216. The quantitative estimate of drug-likeness (QED) is 0.502. The van der Waals surface area contributed by atoms with Crippen LogP contribution in [0.25, 0.3) is 0 Å². The van der Waals surface area contributed by atoms with Gasteiger partial charge >= 0.3 is 0 Å². The predicted octanol–water partition coefficient (Wildman–Crippen LogP) is 2.14. The number of rotatable bonds is 4. The molecule has 1 aliphatic heterocycles. The van der Waals surface area contributed by atoms with Crippen LogP contribution in [0.3, 0.4) is 0 Å². The third kappa shape index (κ3) is 2.53. The zero-order chi connectivity index (χ0) is 8.81. The Morgan fingerprint density at radius 2 is 2.33 bits per heavy atom. The molecule has 0 aliphatic carbocycles. The fourth-order valence-corrected chi connectivity index (χ4v) is 1.18. The molecule has 1 N–H and O–H groups in total. The van der Waals surface area contributed by atoms with Crippen molar-refractivity contribution in [2.45, 2.75) is 32.6 Å². The van der Waals surface area contributed by atoms with Gasteiger partial charge in [0.05, 0.1) is 0 Å². The van der Waals surface area contributed by atoms with Gasteiger partial charge in [-0.15, -0.1) is 0 Å². The molecule has 0 aromatic rings. The van der Waals surface area contributed by atoms with Crippen LogP contribution in [0.2, 0.25) is 0 Å². The molecule has 1 amide bonds. The fourth-order valence-electron chi connectivity index (χ4n) is 1.18. The average Bonchev–Trinajstić information content (AvgIpc) is 2.46. The summed E-state index contributed by atoms with van der Waals surface area (Å²) in [5.74, 6) is 0.0338. The minimum Gasteiger partial charge on any atom is -0.329 e. The van der Waals surface area contributed by atoms with Gasteiger partial charge in [0, 0.05) is 11.8 Å². The Morgan fingerprint density at radius 1 is 1.50 bits per heavy atom. The van der Waals surface area contributed by atoms with E-state index in [0.717, 1.165) is 12.0 Å². The first kappa shape index (κ1) is 9.04. The van der Waals surface area contributed by atoms with Crippen LogP contribution in [-0.4, -0.2) is 5.91 Å². The molecule has 0 atom stereocenters. The van der Waals surface area contributed by atoms with E-state index in [2.05, 4.69) is 12.2 Å². The molecule has 0 bridgehead atoms. The van der Waals surface area contributed by atoms with Crippen molar-refractivity contribution in [3.63, 3.8) is 0 Å². The van der Waals surface area contributed by atoms with Crippen LogP contribution in [0.1, 0.15) is 32.6 Å². The molecule has 66 valence electrons. The highest BCUT2D eigenvalue weighted by Crippen LogP contribution is 2.07. The summed E-state index contributed by atoms with van der Waals surface area (Å²) >= 11 is 0. The lowest BCUT2D eigenvalue weighted by Crippen LogP contribution is -2.11. The molecule has 0 saturated heterocycles. The molecule has 1 rings (SSSR count). The second-order valence-electron chi connectivity index (χ2n) is 2.96. The lowest BCUT2D eigenvalue weighted by Gasteiger charge is -1.94. The van der Waals surface area contributed by atoms with Crippen molar-refractivity contribution in [3.05, 3.63) is 23.9 Å². The van der Waals surface area contributed by atoms with E-state index in [1.54, 1.807) is 6.20 Å². The molecular weight excluding hydrogens is 150 g/mol. The Kier molecular flexibility index (Phi) is 3.58. The van der Waals surface area contributed by atoms with Crippen molar-refractivity contribution in [2.75, 3.05) is 0 Å². The van der Waals surface area contributed by atoms with Crippen LogP contribution >= 0.6 is 0 Å². The van der Waals surface area contributed by atoms with Gasteiger partial charge in [-0.2, -0.15) is 0 Å². The Balaban J connectivity index is 2.27. The van der Waals surface area contributed by atoms with E-state index >= 15 is 0 Å². The standard InChI is InChI=1S/C10H15NO/c1-2-3-4-5-6-9-7-8-11-10(9)12/h6-8H,2-5H2,1H3,(H,11,12). The Hall–Kier alpha value is -1.05. The maximum absolute atomic E-state index is 11.0. The number of hydrogen-bond acceptors (Lipinski definition) is 1. The summed E-state index contributed by atoms with van der Waals surface area (Å²) in [6.07, 6.45) is 10.2. The highest BCUT2D eigenvalue weighted by atomic mass is 16.1. The summed E-state index contributed by atoms with van der Waals surface area (Å²) < 4.78 is 0. The van der Waals surface area contributed by atoms with Crippen LogP contribution in [-0.2, 0) is 4.79 Å². The second kappa shape index (κ2) is 4.75. The monoisotopic (exact) mass is 165 g/mol. The molecule has 1 heterocycles. The summed E-state index contributed by atoms with van der Waals surface area (Å²) in [5, 5.41) is 2.62. The molecule has 0 saturated carbocycles. The lowest BCUT2D eigenvalue weighted by atomic mass is 10.1. The van der Waals surface area contributed by atoms with Crippen LogP contribution in [0, 0.1) is 0 Å². The zero-order valence-electron chi connectivity index (χ0n) is 7.47. The fraction of sp³-hybridized carbons (Fsp3) is 0.500. The van der Waals surface area contributed by atoms with Crippen molar-refractivity contribution in [2.24, 2.45) is 0 Å². The van der Waals surface area contributed by atoms with Gasteiger partial charge in [0.2, 0.25) is 0 Å². The van der Waals surface area contributed by atoms with Crippen LogP contribution in [0.5, 0.6) is 0 Å². The largest absolute Gasteiger partial charge is 0.329 e. The first-order valence-corrected chi connectivity index (χ1v) is 4.52. The van der Waals surface area contributed by atoms with Gasteiger partial charge in [-0.1, -0.05) is 25.8 Å². The van der Waals surface area contributed by atoms with Gasteiger partial charge < -0.3 is 5.32 Å². The third-order valence-corrected chi connectivity index (χ3v) is 1.91. The number of allylic oxidation sites excluding steroid dienone is 1. The summed E-state index contributed by atoms with van der Waals surface area (Å²) in [6.45, 7) is 2.18. The number of unbranched alkanes of at least 4 members (excludes halogenated alkanes) is 3. The van der Waals surface area contributed by atoms with E-state index in [9.17, 15) is 4.79 Å². The van der Waals surface area contributed by atoms with Crippen LogP contribution < -0.4 is 5.32 Å². The highest BCUT2D eigenvalue weighted by molar-refractivity contribution is 5.99. The molecule has 0 unspecified atom stereocenters. The van der Waals surface area contributed by atoms with Crippen LogP contribution in [0.4, 0.5) is 0 Å². The molecule has 12 heavy (non-hydrogen) atoms. The van der Waals surface area contributed by atoms with Gasteiger partial charge in [0.1, 0.15) is 0 Å². The molecule has 0 fully saturated rings. The van der Waals surface area contributed by atoms with Gasteiger partial charge in [-0.25, -0.2) is 0 Å². The predicted molar refractivity (Wildman–Crippen MR) is 49.5 cm³/mol. The summed E-state index contributed by atoms with van der Waals surface area (Å²) in [6, 6.07) is 0. The Morgan fingerprint density at radius 3 is 2.92 bits per heavy atom. The highest BCUT2D eigenvalue weighted by Gasteiger charge is 2.08. The molecule has 0 radical (unpaired) electrons. The second-order valence-corrected chi connectivity index (χ2v) is 2.96. The van der Waals surface area contributed by atoms with Crippen LogP contribution in [0.15, 0.2) is 23.9 Å². The summed E-state index contributed by atoms with van der Waals surface area (Å²) in [4.78, 5) is 11.0. The van der Waals surface area contributed by atoms with E-state index in [4.69, 9.17) is 0 Å². The van der Waals surface area contributed by atoms with Crippen molar-refractivity contribution in [1.82, 2.24) is 5.32 Å². The molecule has 0 aromatic heterocycles. The number of hydrogen-bond donors (Lipinski definition) is 1. The average molecular weight is 165 g/mol. The zero-order valence-corrected chi connectivity index (χ0v) is 7.47. The van der Waals surface area contributed by atoms with Gasteiger partial charge in [-0.05, 0) is 18.9 Å². The normalized spacial score (nSPS) is 18.8. The van der Waals surface area contributed by atoms with Gasteiger partial charge in [0.15, 0.2) is 0 Å². The van der Waals surface area contributed by atoms with Crippen molar-refractivity contribution in [3.8, 4) is 0 Å². The van der Waals surface area contributed by atoms with Crippen molar-refractivity contribution >= 4 is 5.91 Å². The minimum atomic E-state index is 0.0338. The third-order valence-electron chi connectivity index (χ3n) is 1.91. The summed E-state index contributed by atoms with van der Waals surface area (Å²) in [7, 11) is 0. The topological polar surface area (TPSA) is 29.1 Å². The number of carbonyl (C=O) groups is 1. The molecule has 0 aromatic carbocycles. The van der Waals surface area contributed by atoms with E-state index in [-0.39, 0.29) is 5.91 Å². The maximum atomic E-state index is 11.0. The van der Waals surface area contributed by atoms with Gasteiger partial charge in [0.25, 0.3) is 5.91 Å². The Labute approximate surface area is 73.4 Å². The van der Waals surface area contributed by atoms with E-state index < -0.39 is 0 Å². The maximum Gasteiger partial charge on any atom is 0.254 e. The number of carbonyl (C=O) groups excluding carboxylic acids is 1. The first-order valence-electron chi connectivity index (χ1n) is 4.52. The SMILES string of the molecule is CCCCCC=C1C=CNC1=O. The van der Waals surface area contributed by atoms with Crippen molar-refractivity contribution in [1.29, 1.82) is 0 Å².